The number of sulfone groups is 1. The van der Waals surface area contributed by atoms with E-state index in [4.69, 9.17) is 14.2 Å². The van der Waals surface area contributed by atoms with Crippen LogP contribution in [0.3, 0.4) is 0 Å². The number of benzene rings is 2. The van der Waals surface area contributed by atoms with E-state index in [9.17, 15) is 23.3 Å². The molecule has 5 fully saturated rings. The van der Waals surface area contributed by atoms with Gasteiger partial charge in [-0.15, -0.1) is 0 Å². The number of carbonyl (C=O) groups excluding carboxylic acids is 1. The molecule has 14 heteroatoms. The van der Waals surface area contributed by atoms with Crippen molar-refractivity contribution in [1.29, 1.82) is 0 Å². The number of hydrogen-bond donors (Lipinski definition) is 1. The summed E-state index contributed by atoms with van der Waals surface area (Å²) in [7, 11) is -4.28. The van der Waals surface area contributed by atoms with Crippen LogP contribution in [0.25, 0.3) is 11.0 Å². The van der Waals surface area contributed by atoms with Crippen LogP contribution in [0.4, 0.5) is 11.4 Å². The third-order valence-electron chi connectivity index (χ3n) is 13.7. The second kappa shape index (κ2) is 15.7. The number of rotatable bonds is 14. The maximum atomic E-state index is 14.0. The smallest absolute Gasteiger partial charge is 0.273 e. The standard InChI is InChI=1S/C46H55N5O8S/c1-44(2)12-10-33(39(23-44)46-28-45(3,29-46)30-46)25-49-14-16-50(17-15-49)34-6-9-38(42(21-34)59-36-20-32-11-13-47-43(32)48-24-36)41(52)27-60(55,56)37-8-5-31(40(22-37)51(53)54)4-7-35-26-57-18-19-58-35/h5-6,8-9,11,13,20-22,24,35H,4,7,10,12,14-19,23,25-30H2,1-3H3,(H,47,48)/t35-,45?,46?/m0/s1. The van der Waals surface area contributed by atoms with Crippen molar-refractivity contribution < 1.29 is 32.3 Å². The van der Waals surface area contributed by atoms with Gasteiger partial charge in [0.25, 0.3) is 5.69 Å². The summed E-state index contributed by atoms with van der Waals surface area (Å²) in [6.07, 6.45) is 11.7. The van der Waals surface area contributed by atoms with E-state index in [1.54, 1.807) is 29.6 Å². The predicted molar refractivity (Wildman–Crippen MR) is 229 cm³/mol. The van der Waals surface area contributed by atoms with E-state index < -0.39 is 26.3 Å². The molecule has 0 unspecified atom stereocenters. The van der Waals surface area contributed by atoms with Crippen molar-refractivity contribution in [2.75, 3.05) is 63.2 Å². The van der Waals surface area contributed by atoms with Crippen molar-refractivity contribution in [3.63, 3.8) is 0 Å². The van der Waals surface area contributed by atoms with Crippen LogP contribution < -0.4 is 9.64 Å². The van der Waals surface area contributed by atoms with Crippen LogP contribution in [-0.2, 0) is 25.7 Å². The number of hydrogen-bond acceptors (Lipinski definition) is 11. The molecule has 2 bridgehead atoms. The van der Waals surface area contributed by atoms with Crippen LogP contribution in [0.15, 0.2) is 77.0 Å². The number of pyridine rings is 1. The first kappa shape index (κ1) is 40.8. The number of H-pyrrole nitrogens is 1. The predicted octanol–water partition coefficient (Wildman–Crippen LogP) is 8.09. The molecule has 1 N–H and O–H groups in total. The highest BCUT2D eigenvalue weighted by Gasteiger charge is 2.66. The van der Waals surface area contributed by atoms with Gasteiger partial charge in [0.2, 0.25) is 0 Å². The lowest BCUT2D eigenvalue weighted by atomic mass is 9.33. The number of carbonyl (C=O) groups is 1. The Morgan fingerprint density at radius 2 is 1.83 bits per heavy atom. The largest absolute Gasteiger partial charge is 0.455 e. The van der Waals surface area contributed by atoms with E-state index in [2.05, 4.69) is 40.5 Å². The fourth-order valence-electron chi connectivity index (χ4n) is 10.7. The van der Waals surface area contributed by atoms with Gasteiger partial charge < -0.3 is 24.1 Å². The third-order valence-corrected chi connectivity index (χ3v) is 15.3. The first-order chi connectivity index (χ1) is 28.7. The van der Waals surface area contributed by atoms with Gasteiger partial charge in [-0.3, -0.25) is 19.8 Å². The van der Waals surface area contributed by atoms with Crippen LogP contribution >= 0.6 is 0 Å². The molecule has 0 spiro atoms. The molecular weight excluding hydrogens is 783 g/mol. The highest BCUT2D eigenvalue weighted by atomic mass is 32.2. The van der Waals surface area contributed by atoms with Crippen LogP contribution in [0.5, 0.6) is 11.5 Å². The number of ether oxygens (including phenoxy) is 3. The highest BCUT2D eigenvalue weighted by molar-refractivity contribution is 7.92. The minimum absolute atomic E-state index is 0.0955. The SMILES string of the molecule is CC1(C)CCC(CN2CCN(c3ccc(C(=O)CS(=O)(=O)c4ccc(CC[C@H]5COCCO5)c([N+](=O)[O-])c4)c(Oc4cnc5[nH]ccc5c4)c3)CC2)=C(C23CC(C)(C2)C3)C1. The van der Waals surface area contributed by atoms with Gasteiger partial charge in [-0.25, -0.2) is 13.4 Å². The zero-order valence-electron chi connectivity index (χ0n) is 34.8. The fourth-order valence-corrected chi connectivity index (χ4v) is 11.9. The number of nitrogens with zero attached hydrogens (tertiary/aromatic N) is 4. The number of allylic oxidation sites excluding steroid dienone is 1. The normalized spacial score (nSPS) is 25.4. The zero-order chi connectivity index (χ0) is 41.9. The summed E-state index contributed by atoms with van der Waals surface area (Å²) in [6, 6.07) is 12.8. The van der Waals surface area contributed by atoms with E-state index >= 15 is 0 Å². The van der Waals surface area contributed by atoms with Gasteiger partial charge >= 0.3 is 0 Å². The lowest BCUT2D eigenvalue weighted by molar-refractivity contribution is -0.385. The fraction of sp³-hybridized carbons (Fsp3) is 0.522. The quantitative estimate of drug-likeness (QED) is 0.0567. The van der Waals surface area contributed by atoms with E-state index in [1.165, 1.54) is 50.7 Å². The summed E-state index contributed by atoms with van der Waals surface area (Å²) in [5.41, 5.74) is 6.57. The molecule has 3 saturated carbocycles. The number of aromatic amines is 1. The summed E-state index contributed by atoms with van der Waals surface area (Å²) >= 11 is 0. The lowest BCUT2D eigenvalue weighted by Crippen LogP contribution is -2.61. The third kappa shape index (κ3) is 8.23. The molecule has 0 radical (unpaired) electrons. The van der Waals surface area contributed by atoms with E-state index in [1.807, 2.05) is 24.3 Å². The summed E-state index contributed by atoms with van der Waals surface area (Å²) in [5, 5.41) is 12.9. The molecule has 2 saturated heterocycles. The second-order valence-electron chi connectivity index (χ2n) is 19.0. The highest BCUT2D eigenvalue weighted by Crippen LogP contribution is 2.77. The van der Waals surface area contributed by atoms with Gasteiger partial charge in [-0.1, -0.05) is 38.0 Å². The Morgan fingerprint density at radius 3 is 2.57 bits per heavy atom. The molecule has 1 atom stereocenters. The number of nitro benzene ring substituents is 1. The van der Waals surface area contributed by atoms with Crippen molar-refractivity contribution in [1.82, 2.24) is 14.9 Å². The molecule has 13 nitrogen and oxygen atoms in total. The van der Waals surface area contributed by atoms with Crippen molar-refractivity contribution in [3.8, 4) is 11.5 Å². The first-order valence-electron chi connectivity index (χ1n) is 21.3. The van der Waals surface area contributed by atoms with Crippen molar-refractivity contribution in [3.05, 3.63) is 93.3 Å². The van der Waals surface area contributed by atoms with E-state index in [-0.39, 0.29) is 28.0 Å². The van der Waals surface area contributed by atoms with Crippen molar-refractivity contribution >= 4 is 38.0 Å². The number of Topliss-reactive ketones (excluding diaryl/α,β-unsaturated/α-hetero) is 1. The topological polar surface area (TPSA) is 157 Å². The number of piperazine rings is 1. The van der Waals surface area contributed by atoms with Crippen LogP contribution in [0.1, 0.15) is 81.6 Å². The molecule has 318 valence electrons. The maximum absolute atomic E-state index is 14.0. The van der Waals surface area contributed by atoms with Gasteiger partial charge in [0.1, 0.15) is 22.9 Å². The number of ketones is 1. The van der Waals surface area contributed by atoms with Crippen molar-refractivity contribution in [2.24, 2.45) is 16.2 Å². The Hall–Kier alpha value is -4.63. The zero-order valence-corrected chi connectivity index (χ0v) is 35.7. The van der Waals surface area contributed by atoms with Gasteiger partial charge in [0.15, 0.2) is 15.6 Å². The van der Waals surface area contributed by atoms with Crippen LogP contribution in [-0.4, -0.2) is 98.4 Å². The minimum Gasteiger partial charge on any atom is -0.455 e. The number of fused-ring (bicyclic) bond motifs is 1. The van der Waals surface area contributed by atoms with Gasteiger partial charge in [-0.2, -0.15) is 0 Å². The van der Waals surface area contributed by atoms with Crippen molar-refractivity contribution in [2.45, 2.75) is 83.1 Å². The Balaban J connectivity index is 0.922. The molecule has 60 heavy (non-hydrogen) atoms. The number of nitrogens with one attached hydrogen (secondary N) is 1. The minimum atomic E-state index is -4.28. The number of aromatic nitrogens is 2. The molecule has 4 aromatic rings. The first-order valence-corrected chi connectivity index (χ1v) is 23.0. The molecule has 4 aliphatic carbocycles. The number of nitro groups is 1. The summed E-state index contributed by atoms with van der Waals surface area (Å²) in [4.78, 5) is 37.6. The second-order valence-corrected chi connectivity index (χ2v) is 21.0. The Labute approximate surface area is 351 Å². The Kier molecular flexibility index (Phi) is 10.7. The molecule has 0 amide bonds. The lowest BCUT2D eigenvalue weighted by Gasteiger charge is -2.72. The number of aryl methyl sites for hydroxylation is 1. The summed E-state index contributed by atoms with van der Waals surface area (Å²) < 4.78 is 45.0. The Bertz CT molecular complexity index is 2440. The summed E-state index contributed by atoms with van der Waals surface area (Å²) in [6.45, 7) is 13.1. The van der Waals surface area contributed by atoms with Gasteiger partial charge in [0, 0.05) is 67.7 Å². The van der Waals surface area contributed by atoms with Crippen LogP contribution in [0.2, 0.25) is 0 Å². The number of anilines is 1. The maximum Gasteiger partial charge on any atom is 0.273 e. The van der Waals surface area contributed by atoms with E-state index in [0.29, 0.717) is 65.9 Å². The monoisotopic (exact) mass is 837 g/mol. The van der Waals surface area contributed by atoms with Gasteiger partial charge in [0.05, 0.1) is 47.5 Å². The average molecular weight is 838 g/mol. The summed E-state index contributed by atoms with van der Waals surface area (Å²) in [5.74, 6) is -0.963. The van der Waals surface area contributed by atoms with Gasteiger partial charge in [-0.05, 0) is 97.9 Å². The molecule has 4 heterocycles. The Morgan fingerprint density at radius 1 is 1.03 bits per heavy atom. The van der Waals surface area contributed by atoms with Crippen LogP contribution in [0, 0.1) is 26.4 Å². The molecule has 2 aromatic heterocycles. The average Bonchev–Trinajstić information content (AvgIpc) is 3.68. The molecule has 2 aliphatic heterocycles. The molecular formula is C46H55N5O8S. The molecule has 6 aliphatic rings. The van der Waals surface area contributed by atoms with E-state index in [0.717, 1.165) is 49.9 Å². The molecule has 2 aromatic carbocycles. The molecule has 10 rings (SSSR count).